The predicted octanol–water partition coefficient (Wildman–Crippen LogP) is 3.06. The summed E-state index contributed by atoms with van der Waals surface area (Å²) in [4.78, 5) is 0. The number of benzene rings is 1. The molecule has 0 aromatic heterocycles. The number of rotatable bonds is 2. The largest absolute Gasteiger partial charge is 0.573 e. The average Bonchev–Trinajstić information content (AvgIpc) is 2.56. The van der Waals surface area contributed by atoms with E-state index in [1.807, 2.05) is 0 Å². The van der Waals surface area contributed by atoms with Gasteiger partial charge in [-0.3, -0.25) is 0 Å². The zero-order valence-electron chi connectivity index (χ0n) is 10.1. The van der Waals surface area contributed by atoms with E-state index in [0.29, 0.717) is 13.2 Å². The van der Waals surface area contributed by atoms with Crippen LogP contribution in [0.25, 0.3) is 0 Å². The second-order valence-electron chi connectivity index (χ2n) is 4.02. The van der Waals surface area contributed by atoms with Crippen molar-refractivity contribution in [3.63, 3.8) is 0 Å². The lowest BCUT2D eigenvalue weighted by molar-refractivity contribution is -0.274. The first-order chi connectivity index (χ1) is 8.54. The Kier molecular flexibility index (Phi) is 5.90. The Morgan fingerprint density at radius 1 is 1.16 bits per heavy atom. The molecular formula is C12H15ClF3NO2. The Balaban J connectivity index is 0.00000180. The number of hydrogen-bond donors (Lipinski definition) is 1. The molecule has 1 aliphatic heterocycles. The summed E-state index contributed by atoms with van der Waals surface area (Å²) < 4.78 is 45.1. The second kappa shape index (κ2) is 6.98. The normalized spacial score (nSPS) is 20.3. The fraction of sp³-hybridized carbons (Fsp3) is 0.500. The van der Waals surface area contributed by atoms with Gasteiger partial charge >= 0.3 is 6.36 Å². The van der Waals surface area contributed by atoms with Crippen molar-refractivity contribution in [2.45, 2.75) is 18.8 Å². The van der Waals surface area contributed by atoms with E-state index < -0.39 is 6.36 Å². The zero-order chi connectivity index (χ0) is 13.0. The smallest absolute Gasteiger partial charge is 0.406 e. The molecule has 19 heavy (non-hydrogen) atoms. The quantitative estimate of drug-likeness (QED) is 0.910. The standard InChI is InChI=1S/C12H14F3NO2.ClH/c13-12(14,15)18-10-3-1-9(2-4-10)11-5-7-17-8-6-16-11;/h1-4,11,16H,5-8H2;1H. The summed E-state index contributed by atoms with van der Waals surface area (Å²) in [7, 11) is 0. The Morgan fingerprint density at radius 2 is 1.84 bits per heavy atom. The maximum Gasteiger partial charge on any atom is 0.573 e. The van der Waals surface area contributed by atoms with Crippen molar-refractivity contribution in [2.24, 2.45) is 0 Å². The maximum atomic E-state index is 12.0. The monoisotopic (exact) mass is 297 g/mol. The lowest BCUT2D eigenvalue weighted by Gasteiger charge is -2.16. The van der Waals surface area contributed by atoms with Gasteiger partial charge in [-0.2, -0.15) is 0 Å². The molecule has 0 spiro atoms. The van der Waals surface area contributed by atoms with Gasteiger partial charge in [-0.25, -0.2) is 0 Å². The molecule has 3 nitrogen and oxygen atoms in total. The van der Waals surface area contributed by atoms with E-state index in [4.69, 9.17) is 4.74 Å². The van der Waals surface area contributed by atoms with E-state index in [1.54, 1.807) is 12.1 Å². The summed E-state index contributed by atoms with van der Waals surface area (Å²) in [6.07, 6.45) is -3.84. The van der Waals surface area contributed by atoms with Crippen LogP contribution in [0.4, 0.5) is 13.2 Å². The van der Waals surface area contributed by atoms with E-state index in [2.05, 4.69) is 10.1 Å². The molecule has 0 radical (unpaired) electrons. The van der Waals surface area contributed by atoms with Crippen molar-refractivity contribution in [3.05, 3.63) is 29.8 Å². The van der Waals surface area contributed by atoms with Gasteiger partial charge in [0.05, 0.1) is 6.61 Å². The molecule has 1 atom stereocenters. The molecule has 7 heteroatoms. The van der Waals surface area contributed by atoms with Crippen molar-refractivity contribution >= 4 is 12.4 Å². The molecule has 1 N–H and O–H groups in total. The summed E-state index contributed by atoms with van der Waals surface area (Å²) in [6.45, 7) is 2.05. The van der Waals surface area contributed by atoms with Crippen LogP contribution in [0.3, 0.4) is 0 Å². The Hall–Kier alpha value is -0.980. The molecule has 1 aromatic carbocycles. The minimum Gasteiger partial charge on any atom is -0.406 e. The summed E-state index contributed by atoms with van der Waals surface area (Å²) in [5, 5.41) is 3.28. The maximum absolute atomic E-state index is 12.0. The lowest BCUT2D eigenvalue weighted by Crippen LogP contribution is -2.22. The SMILES string of the molecule is Cl.FC(F)(F)Oc1ccc(C2CCOCCN2)cc1. The fourth-order valence-corrected chi connectivity index (χ4v) is 1.90. The molecule has 0 aliphatic carbocycles. The zero-order valence-corrected chi connectivity index (χ0v) is 10.9. The third-order valence-electron chi connectivity index (χ3n) is 2.70. The van der Waals surface area contributed by atoms with Crippen molar-refractivity contribution in [1.82, 2.24) is 5.32 Å². The van der Waals surface area contributed by atoms with Gasteiger partial charge in [0.1, 0.15) is 5.75 Å². The van der Waals surface area contributed by atoms with Crippen LogP contribution in [0, 0.1) is 0 Å². The van der Waals surface area contributed by atoms with Gasteiger partial charge in [0.25, 0.3) is 0 Å². The highest BCUT2D eigenvalue weighted by atomic mass is 35.5. The molecule has 0 bridgehead atoms. The molecule has 2 rings (SSSR count). The Labute approximate surface area is 115 Å². The van der Waals surface area contributed by atoms with Crippen molar-refractivity contribution in [2.75, 3.05) is 19.8 Å². The summed E-state index contributed by atoms with van der Waals surface area (Å²) in [5.74, 6) is -0.198. The molecule has 0 amide bonds. The first-order valence-corrected chi connectivity index (χ1v) is 5.71. The van der Waals surface area contributed by atoms with Crippen LogP contribution >= 0.6 is 12.4 Å². The van der Waals surface area contributed by atoms with E-state index in [1.165, 1.54) is 12.1 Å². The van der Waals surface area contributed by atoms with Gasteiger partial charge in [-0.1, -0.05) is 12.1 Å². The highest BCUT2D eigenvalue weighted by Gasteiger charge is 2.31. The number of halogens is 4. The van der Waals surface area contributed by atoms with Crippen molar-refractivity contribution in [1.29, 1.82) is 0 Å². The molecular weight excluding hydrogens is 283 g/mol. The van der Waals surface area contributed by atoms with Gasteiger partial charge < -0.3 is 14.8 Å². The van der Waals surface area contributed by atoms with E-state index in [9.17, 15) is 13.2 Å². The highest BCUT2D eigenvalue weighted by Crippen LogP contribution is 2.25. The molecule has 108 valence electrons. The Bertz CT molecular complexity index is 376. The van der Waals surface area contributed by atoms with Crippen LogP contribution < -0.4 is 10.1 Å². The van der Waals surface area contributed by atoms with Crippen LogP contribution in [0.1, 0.15) is 18.0 Å². The van der Waals surface area contributed by atoms with Gasteiger partial charge in [-0.05, 0) is 24.1 Å². The predicted molar refractivity (Wildman–Crippen MR) is 66.6 cm³/mol. The average molecular weight is 298 g/mol. The highest BCUT2D eigenvalue weighted by molar-refractivity contribution is 5.85. The number of alkyl halides is 3. The second-order valence-corrected chi connectivity index (χ2v) is 4.02. The van der Waals surface area contributed by atoms with E-state index >= 15 is 0 Å². The summed E-state index contributed by atoms with van der Waals surface area (Å²) >= 11 is 0. The molecule has 0 saturated carbocycles. The van der Waals surface area contributed by atoms with Crippen molar-refractivity contribution < 1.29 is 22.6 Å². The minimum atomic E-state index is -4.64. The molecule has 1 unspecified atom stereocenters. The van der Waals surface area contributed by atoms with Gasteiger partial charge in [-0.15, -0.1) is 25.6 Å². The molecule has 1 heterocycles. The number of ether oxygens (including phenoxy) is 2. The molecule has 1 aromatic rings. The van der Waals surface area contributed by atoms with Crippen molar-refractivity contribution in [3.8, 4) is 5.75 Å². The fourth-order valence-electron chi connectivity index (χ4n) is 1.90. The third kappa shape index (κ3) is 5.26. The van der Waals surface area contributed by atoms with Crippen LogP contribution in [-0.2, 0) is 4.74 Å². The van der Waals surface area contributed by atoms with E-state index in [-0.39, 0.29) is 24.2 Å². The summed E-state index contributed by atoms with van der Waals surface area (Å²) in [5.41, 5.74) is 0.940. The molecule has 1 fully saturated rings. The van der Waals surface area contributed by atoms with Crippen LogP contribution in [-0.4, -0.2) is 26.1 Å². The lowest BCUT2D eigenvalue weighted by atomic mass is 10.0. The van der Waals surface area contributed by atoms with Gasteiger partial charge in [0.2, 0.25) is 0 Å². The van der Waals surface area contributed by atoms with Gasteiger partial charge in [0, 0.05) is 19.2 Å². The summed E-state index contributed by atoms with van der Waals surface area (Å²) in [6, 6.07) is 6.06. The molecule has 1 aliphatic rings. The van der Waals surface area contributed by atoms with Crippen LogP contribution in [0.2, 0.25) is 0 Å². The number of hydrogen-bond acceptors (Lipinski definition) is 3. The topological polar surface area (TPSA) is 30.5 Å². The van der Waals surface area contributed by atoms with Crippen LogP contribution in [0.5, 0.6) is 5.75 Å². The van der Waals surface area contributed by atoms with E-state index in [0.717, 1.165) is 18.5 Å². The first kappa shape index (κ1) is 16.1. The number of nitrogens with one attached hydrogen (secondary N) is 1. The van der Waals surface area contributed by atoms with Gasteiger partial charge in [0.15, 0.2) is 0 Å². The molecule has 1 saturated heterocycles. The third-order valence-corrected chi connectivity index (χ3v) is 2.70. The minimum absolute atomic E-state index is 0. The Morgan fingerprint density at radius 3 is 2.47 bits per heavy atom. The first-order valence-electron chi connectivity index (χ1n) is 5.71. The van der Waals surface area contributed by atoms with Crippen LogP contribution in [0.15, 0.2) is 24.3 Å².